The lowest BCUT2D eigenvalue weighted by atomic mass is 10.0. The van der Waals surface area contributed by atoms with E-state index in [9.17, 15) is 0 Å². The standard InChI is InChI=1S/C48H29NO3/c1-2-11-30(12-3-1)35-17-9-18-39-40-19-10-20-42(48(40)52-47(35)39)49(34-24-25-38-36-15-4-6-21-43(36)51-46(38)29-34)33-14-8-13-31(27-33)32-23-26-45-41(28-32)37-16-5-7-22-44(37)50-45/h1-29H. The van der Waals surface area contributed by atoms with Crippen molar-refractivity contribution in [2.24, 2.45) is 0 Å². The molecule has 0 spiro atoms. The zero-order valence-electron chi connectivity index (χ0n) is 27.9. The second kappa shape index (κ2) is 11.2. The first kappa shape index (κ1) is 28.8. The van der Waals surface area contributed by atoms with Crippen LogP contribution in [0.2, 0.25) is 0 Å². The van der Waals surface area contributed by atoms with Gasteiger partial charge in [0.15, 0.2) is 5.58 Å². The molecular weight excluding hydrogens is 639 g/mol. The Bertz CT molecular complexity index is 3150. The van der Waals surface area contributed by atoms with Crippen LogP contribution in [0.3, 0.4) is 0 Å². The Morgan fingerprint density at radius 3 is 1.75 bits per heavy atom. The van der Waals surface area contributed by atoms with Crippen LogP contribution in [-0.4, -0.2) is 0 Å². The summed E-state index contributed by atoms with van der Waals surface area (Å²) < 4.78 is 19.5. The van der Waals surface area contributed by atoms with Crippen LogP contribution < -0.4 is 4.90 Å². The van der Waals surface area contributed by atoms with E-state index in [2.05, 4.69) is 150 Å². The molecule has 0 radical (unpaired) electrons. The van der Waals surface area contributed by atoms with Gasteiger partial charge in [0.1, 0.15) is 27.9 Å². The predicted molar refractivity (Wildman–Crippen MR) is 214 cm³/mol. The van der Waals surface area contributed by atoms with Crippen molar-refractivity contribution in [2.75, 3.05) is 4.90 Å². The highest BCUT2D eigenvalue weighted by Crippen LogP contribution is 2.46. The number of rotatable bonds is 5. The number of nitrogens with zero attached hydrogens (tertiary/aromatic N) is 1. The molecule has 0 amide bonds. The van der Waals surface area contributed by atoms with Crippen molar-refractivity contribution in [2.45, 2.75) is 0 Å². The molecule has 52 heavy (non-hydrogen) atoms. The molecule has 0 unspecified atom stereocenters. The zero-order valence-corrected chi connectivity index (χ0v) is 27.9. The number of benzene rings is 8. The minimum Gasteiger partial charge on any atom is -0.456 e. The van der Waals surface area contributed by atoms with Gasteiger partial charge in [-0.25, -0.2) is 0 Å². The van der Waals surface area contributed by atoms with Gasteiger partial charge in [-0.2, -0.15) is 0 Å². The number of fused-ring (bicyclic) bond motifs is 9. The first-order valence-electron chi connectivity index (χ1n) is 17.5. The molecule has 8 aromatic carbocycles. The summed E-state index contributed by atoms with van der Waals surface area (Å²) in [6.07, 6.45) is 0. The van der Waals surface area contributed by atoms with E-state index >= 15 is 0 Å². The van der Waals surface area contributed by atoms with Crippen LogP contribution in [0.1, 0.15) is 0 Å². The van der Waals surface area contributed by atoms with E-state index in [0.29, 0.717) is 0 Å². The maximum atomic E-state index is 6.95. The number of hydrogen-bond acceptors (Lipinski definition) is 4. The quantitative estimate of drug-likeness (QED) is 0.183. The van der Waals surface area contributed by atoms with Gasteiger partial charge in [-0.05, 0) is 71.3 Å². The maximum Gasteiger partial charge on any atom is 0.159 e. The molecule has 0 N–H and O–H groups in total. The van der Waals surface area contributed by atoms with Crippen LogP contribution in [0.5, 0.6) is 0 Å². The van der Waals surface area contributed by atoms with E-state index < -0.39 is 0 Å². The minimum absolute atomic E-state index is 0.822. The summed E-state index contributed by atoms with van der Waals surface area (Å²) in [6.45, 7) is 0. The van der Waals surface area contributed by atoms with Gasteiger partial charge in [-0.15, -0.1) is 0 Å². The van der Waals surface area contributed by atoms with Gasteiger partial charge >= 0.3 is 0 Å². The zero-order chi connectivity index (χ0) is 34.2. The molecule has 0 fully saturated rings. The summed E-state index contributed by atoms with van der Waals surface area (Å²) in [5.41, 5.74) is 12.5. The molecule has 0 saturated carbocycles. The fourth-order valence-electron chi connectivity index (χ4n) is 7.84. The molecule has 0 atom stereocenters. The summed E-state index contributed by atoms with van der Waals surface area (Å²) in [5, 5.41) is 6.55. The SMILES string of the molecule is c1ccc(-c2cccc3c2oc2c(N(c4cccc(-c5ccc6oc7ccccc7c6c5)c4)c4ccc5c(c4)oc4ccccc45)cccc23)cc1. The van der Waals surface area contributed by atoms with Crippen molar-refractivity contribution < 1.29 is 13.3 Å². The molecule has 3 heterocycles. The molecule has 3 aromatic heterocycles. The summed E-state index contributed by atoms with van der Waals surface area (Å²) in [6, 6.07) is 61.3. The lowest BCUT2D eigenvalue weighted by Gasteiger charge is -2.26. The third-order valence-corrected chi connectivity index (χ3v) is 10.3. The van der Waals surface area contributed by atoms with Crippen LogP contribution >= 0.6 is 0 Å². The Labute approximate surface area is 298 Å². The molecule has 4 nitrogen and oxygen atoms in total. The van der Waals surface area contributed by atoms with E-state index in [-0.39, 0.29) is 0 Å². The van der Waals surface area contributed by atoms with Gasteiger partial charge in [-0.1, -0.05) is 115 Å². The number of para-hydroxylation sites is 4. The Balaban J connectivity index is 1.14. The molecule has 0 saturated heterocycles. The highest BCUT2D eigenvalue weighted by atomic mass is 16.3. The Morgan fingerprint density at radius 1 is 0.308 bits per heavy atom. The first-order valence-corrected chi connectivity index (χ1v) is 17.5. The third-order valence-electron chi connectivity index (χ3n) is 10.3. The Morgan fingerprint density at radius 2 is 0.904 bits per heavy atom. The third kappa shape index (κ3) is 4.41. The van der Waals surface area contributed by atoms with Crippen LogP contribution in [0.4, 0.5) is 17.1 Å². The van der Waals surface area contributed by atoms with E-state index in [0.717, 1.165) is 105 Å². The van der Waals surface area contributed by atoms with E-state index in [1.54, 1.807) is 0 Å². The first-order chi connectivity index (χ1) is 25.8. The predicted octanol–water partition coefficient (Wildman–Crippen LogP) is 14.2. The molecule has 0 aliphatic carbocycles. The lowest BCUT2D eigenvalue weighted by Crippen LogP contribution is -2.10. The molecule has 4 heteroatoms. The van der Waals surface area contributed by atoms with Crippen LogP contribution in [0.25, 0.3) is 88.1 Å². The van der Waals surface area contributed by atoms with Crippen LogP contribution in [0, 0.1) is 0 Å². The van der Waals surface area contributed by atoms with Crippen molar-refractivity contribution in [3.8, 4) is 22.3 Å². The number of hydrogen-bond donors (Lipinski definition) is 0. The number of furan rings is 3. The fraction of sp³-hybridized carbons (Fsp3) is 0. The van der Waals surface area contributed by atoms with Crippen molar-refractivity contribution in [1.82, 2.24) is 0 Å². The van der Waals surface area contributed by atoms with Gasteiger partial charge in [-0.3, -0.25) is 0 Å². The van der Waals surface area contributed by atoms with E-state index in [4.69, 9.17) is 13.3 Å². The molecular formula is C48H29NO3. The summed E-state index contributed by atoms with van der Waals surface area (Å²) in [4.78, 5) is 2.29. The summed E-state index contributed by atoms with van der Waals surface area (Å²) in [5.74, 6) is 0. The van der Waals surface area contributed by atoms with Gasteiger partial charge in [0.2, 0.25) is 0 Å². The topological polar surface area (TPSA) is 42.7 Å². The summed E-state index contributed by atoms with van der Waals surface area (Å²) in [7, 11) is 0. The highest BCUT2D eigenvalue weighted by molar-refractivity contribution is 6.14. The molecule has 0 bridgehead atoms. The highest BCUT2D eigenvalue weighted by Gasteiger charge is 2.22. The monoisotopic (exact) mass is 667 g/mol. The molecule has 11 aromatic rings. The normalized spacial score (nSPS) is 11.8. The molecule has 0 aliphatic heterocycles. The Hall–Kier alpha value is -7.04. The maximum absolute atomic E-state index is 6.95. The average molecular weight is 668 g/mol. The van der Waals surface area contributed by atoms with E-state index in [1.807, 2.05) is 30.3 Å². The molecule has 244 valence electrons. The van der Waals surface area contributed by atoms with Crippen LogP contribution in [-0.2, 0) is 0 Å². The number of anilines is 3. The fourth-order valence-corrected chi connectivity index (χ4v) is 7.84. The van der Waals surface area contributed by atoms with Gasteiger partial charge in [0.25, 0.3) is 0 Å². The lowest BCUT2D eigenvalue weighted by molar-refractivity contribution is 0.668. The average Bonchev–Trinajstić information content (AvgIpc) is 3.89. The van der Waals surface area contributed by atoms with E-state index in [1.165, 1.54) is 0 Å². The molecule has 0 aliphatic rings. The molecule has 11 rings (SSSR count). The van der Waals surface area contributed by atoms with Crippen molar-refractivity contribution >= 4 is 82.9 Å². The minimum atomic E-state index is 0.822. The second-order valence-electron chi connectivity index (χ2n) is 13.3. The largest absolute Gasteiger partial charge is 0.456 e. The van der Waals surface area contributed by atoms with Crippen molar-refractivity contribution in [1.29, 1.82) is 0 Å². The van der Waals surface area contributed by atoms with Gasteiger partial charge in [0.05, 0.1) is 11.4 Å². The van der Waals surface area contributed by atoms with Gasteiger partial charge < -0.3 is 18.2 Å². The van der Waals surface area contributed by atoms with Gasteiger partial charge in [0, 0.05) is 49.6 Å². The van der Waals surface area contributed by atoms with Crippen molar-refractivity contribution in [3.63, 3.8) is 0 Å². The van der Waals surface area contributed by atoms with Crippen LogP contribution in [0.15, 0.2) is 189 Å². The second-order valence-corrected chi connectivity index (χ2v) is 13.3. The summed E-state index contributed by atoms with van der Waals surface area (Å²) >= 11 is 0. The Kier molecular flexibility index (Phi) is 6.22. The smallest absolute Gasteiger partial charge is 0.159 e. The van der Waals surface area contributed by atoms with Crippen molar-refractivity contribution in [3.05, 3.63) is 176 Å².